The Balaban J connectivity index is 1.39. The Hall–Kier alpha value is -2.93. The summed E-state index contributed by atoms with van der Waals surface area (Å²) in [6.07, 6.45) is 0.237. The van der Waals surface area contributed by atoms with E-state index in [-0.39, 0.29) is 29.5 Å². The number of carbonyl (C=O) groups is 2. The number of hydrogen-bond acceptors (Lipinski definition) is 4. The first-order valence-corrected chi connectivity index (χ1v) is 8.66. The van der Waals surface area contributed by atoms with E-state index < -0.39 is 11.4 Å². The van der Waals surface area contributed by atoms with Gasteiger partial charge in [-0.25, -0.2) is 9.45 Å². The van der Waals surface area contributed by atoms with Crippen LogP contribution in [0.25, 0.3) is 0 Å². The number of halogens is 1. The van der Waals surface area contributed by atoms with Crippen molar-refractivity contribution in [2.75, 3.05) is 20.2 Å². The fourth-order valence-corrected chi connectivity index (χ4v) is 3.49. The Morgan fingerprint density at radius 3 is 2.63 bits per heavy atom. The van der Waals surface area contributed by atoms with Crippen LogP contribution < -0.4 is 4.74 Å². The Morgan fingerprint density at radius 2 is 1.96 bits per heavy atom. The minimum Gasteiger partial charge on any atom is -0.494 e. The molecule has 6 nitrogen and oxygen atoms in total. The van der Waals surface area contributed by atoms with Crippen LogP contribution in [0.1, 0.15) is 22.3 Å². The molecule has 0 aromatic heterocycles. The minimum absolute atomic E-state index is 0.0907. The molecule has 2 aromatic carbocycles. The van der Waals surface area contributed by atoms with E-state index in [0.29, 0.717) is 19.6 Å². The lowest BCUT2D eigenvalue weighted by atomic mass is 9.90. The number of rotatable bonds is 4. The van der Waals surface area contributed by atoms with Crippen molar-refractivity contribution < 1.29 is 23.6 Å². The van der Waals surface area contributed by atoms with E-state index in [4.69, 9.17) is 9.57 Å². The van der Waals surface area contributed by atoms with Crippen molar-refractivity contribution >= 4 is 11.8 Å². The number of hydroxylamine groups is 2. The quantitative estimate of drug-likeness (QED) is 0.829. The molecule has 27 heavy (non-hydrogen) atoms. The third-order valence-corrected chi connectivity index (χ3v) is 4.87. The van der Waals surface area contributed by atoms with E-state index in [9.17, 15) is 14.0 Å². The van der Waals surface area contributed by atoms with Crippen LogP contribution in [-0.2, 0) is 16.2 Å². The second kappa shape index (κ2) is 6.66. The molecule has 7 heteroatoms. The van der Waals surface area contributed by atoms with Gasteiger partial charge in [0.05, 0.1) is 33.2 Å². The number of ether oxygens (including phenoxy) is 1. The van der Waals surface area contributed by atoms with Crippen molar-refractivity contribution in [3.8, 4) is 5.75 Å². The van der Waals surface area contributed by atoms with E-state index in [1.54, 1.807) is 4.90 Å². The molecule has 2 aliphatic heterocycles. The van der Waals surface area contributed by atoms with Crippen LogP contribution in [0.3, 0.4) is 0 Å². The normalized spacial score (nSPS) is 17.9. The number of carbonyl (C=O) groups excluding carboxylic acids is 2. The number of benzene rings is 2. The van der Waals surface area contributed by atoms with Gasteiger partial charge in [-0.05, 0) is 23.8 Å². The lowest BCUT2D eigenvalue weighted by Crippen LogP contribution is -2.63. The molecule has 1 spiro atoms. The summed E-state index contributed by atoms with van der Waals surface area (Å²) in [6.45, 7) is 0.978. The fourth-order valence-electron chi connectivity index (χ4n) is 3.49. The second-order valence-electron chi connectivity index (χ2n) is 6.88. The van der Waals surface area contributed by atoms with Gasteiger partial charge in [0.2, 0.25) is 5.91 Å². The molecule has 0 bridgehead atoms. The van der Waals surface area contributed by atoms with Gasteiger partial charge in [-0.3, -0.25) is 14.4 Å². The van der Waals surface area contributed by atoms with Crippen LogP contribution in [0.15, 0.2) is 48.5 Å². The highest BCUT2D eigenvalue weighted by Crippen LogP contribution is 2.37. The number of amides is 2. The predicted molar refractivity (Wildman–Crippen MR) is 94.3 cm³/mol. The molecular weight excluding hydrogens is 351 g/mol. The molecule has 0 aliphatic carbocycles. The largest absolute Gasteiger partial charge is 0.494 e. The Bertz CT molecular complexity index is 881. The molecule has 4 rings (SSSR count). The Kier molecular flexibility index (Phi) is 4.31. The van der Waals surface area contributed by atoms with Gasteiger partial charge in [0.15, 0.2) is 11.6 Å². The predicted octanol–water partition coefficient (Wildman–Crippen LogP) is 2.39. The summed E-state index contributed by atoms with van der Waals surface area (Å²) in [7, 11) is 1.37. The monoisotopic (exact) mass is 370 g/mol. The van der Waals surface area contributed by atoms with Crippen molar-refractivity contribution in [1.29, 1.82) is 0 Å². The van der Waals surface area contributed by atoms with Crippen molar-refractivity contribution in [3.63, 3.8) is 0 Å². The summed E-state index contributed by atoms with van der Waals surface area (Å²) in [5, 5.41) is 1.37. The second-order valence-corrected chi connectivity index (χ2v) is 6.88. The molecule has 2 aliphatic rings. The van der Waals surface area contributed by atoms with Gasteiger partial charge in [0.1, 0.15) is 5.60 Å². The molecule has 2 heterocycles. The van der Waals surface area contributed by atoms with Crippen LogP contribution >= 0.6 is 0 Å². The average Bonchev–Trinajstić information content (AvgIpc) is 2.97. The minimum atomic E-state index is -0.674. The number of likely N-dealkylation sites (tertiary alicyclic amines) is 1. The van der Waals surface area contributed by atoms with Crippen molar-refractivity contribution in [3.05, 3.63) is 65.5 Å². The van der Waals surface area contributed by atoms with Crippen molar-refractivity contribution in [2.24, 2.45) is 0 Å². The van der Waals surface area contributed by atoms with Crippen LogP contribution in [-0.4, -0.2) is 47.6 Å². The van der Waals surface area contributed by atoms with E-state index in [1.807, 2.05) is 30.3 Å². The topological polar surface area (TPSA) is 59.1 Å². The van der Waals surface area contributed by atoms with Crippen LogP contribution in [0, 0.1) is 5.82 Å². The molecule has 0 radical (unpaired) electrons. The van der Waals surface area contributed by atoms with Crippen LogP contribution in [0.5, 0.6) is 5.75 Å². The van der Waals surface area contributed by atoms with Gasteiger partial charge < -0.3 is 9.64 Å². The summed E-state index contributed by atoms with van der Waals surface area (Å²) in [5.74, 6) is -0.881. The maximum Gasteiger partial charge on any atom is 0.254 e. The zero-order chi connectivity index (χ0) is 19.0. The summed E-state index contributed by atoms with van der Waals surface area (Å²) in [6, 6.07) is 13.7. The summed E-state index contributed by atoms with van der Waals surface area (Å²) in [5.41, 5.74) is 0.546. The van der Waals surface area contributed by atoms with Crippen LogP contribution in [0.4, 0.5) is 4.39 Å². The maximum atomic E-state index is 13.8. The van der Waals surface area contributed by atoms with E-state index >= 15 is 0 Å². The molecule has 2 saturated heterocycles. The first kappa shape index (κ1) is 17.5. The third-order valence-electron chi connectivity index (χ3n) is 4.87. The molecule has 2 fully saturated rings. The van der Waals surface area contributed by atoms with Gasteiger partial charge in [0, 0.05) is 5.56 Å². The Labute approximate surface area is 156 Å². The highest BCUT2D eigenvalue weighted by Gasteiger charge is 2.54. The molecule has 0 saturated carbocycles. The molecular formula is C20H19FN2O4. The molecule has 0 atom stereocenters. The van der Waals surface area contributed by atoms with E-state index in [0.717, 1.165) is 11.6 Å². The first-order chi connectivity index (χ1) is 13.0. The highest BCUT2D eigenvalue weighted by molar-refractivity contribution is 5.95. The molecule has 2 amide bonds. The smallest absolute Gasteiger partial charge is 0.254 e. The van der Waals surface area contributed by atoms with E-state index in [2.05, 4.69) is 0 Å². The fraction of sp³-hybridized carbons (Fsp3) is 0.300. The van der Waals surface area contributed by atoms with Gasteiger partial charge in [-0.1, -0.05) is 30.3 Å². The molecule has 0 unspecified atom stereocenters. The SMILES string of the molecule is COc1ccc(C(=O)N2CC3(CC(=O)N(Cc4ccccc4)O3)C2)cc1F. The summed E-state index contributed by atoms with van der Waals surface area (Å²) < 4.78 is 18.7. The summed E-state index contributed by atoms with van der Waals surface area (Å²) in [4.78, 5) is 32.2. The molecule has 0 N–H and O–H groups in total. The van der Waals surface area contributed by atoms with Crippen LogP contribution in [0.2, 0.25) is 0 Å². The standard InChI is InChI=1S/C20H19FN2O4/c1-26-17-8-7-15(9-16(17)21)19(25)22-12-20(13-22)10-18(24)23(27-20)11-14-5-3-2-4-6-14/h2-9H,10-13H2,1H3. The number of hydrogen-bond donors (Lipinski definition) is 0. The highest BCUT2D eigenvalue weighted by atomic mass is 19.1. The average molecular weight is 370 g/mol. The molecule has 140 valence electrons. The van der Waals surface area contributed by atoms with Crippen molar-refractivity contribution in [2.45, 2.75) is 18.6 Å². The number of nitrogens with zero attached hydrogens (tertiary/aromatic N) is 2. The van der Waals surface area contributed by atoms with Gasteiger partial charge in [-0.2, -0.15) is 0 Å². The van der Waals surface area contributed by atoms with Gasteiger partial charge in [0.25, 0.3) is 5.91 Å². The summed E-state index contributed by atoms with van der Waals surface area (Å²) >= 11 is 0. The van der Waals surface area contributed by atoms with Gasteiger partial charge in [-0.15, -0.1) is 0 Å². The molecule has 2 aromatic rings. The first-order valence-electron chi connectivity index (χ1n) is 8.66. The third kappa shape index (κ3) is 3.26. The zero-order valence-corrected chi connectivity index (χ0v) is 14.9. The zero-order valence-electron chi connectivity index (χ0n) is 14.9. The lowest BCUT2D eigenvalue weighted by Gasteiger charge is -2.45. The lowest BCUT2D eigenvalue weighted by molar-refractivity contribution is -0.233. The van der Waals surface area contributed by atoms with Crippen molar-refractivity contribution in [1.82, 2.24) is 9.96 Å². The maximum absolute atomic E-state index is 13.8. The number of methoxy groups -OCH3 is 1. The van der Waals surface area contributed by atoms with Gasteiger partial charge >= 0.3 is 0 Å². The Morgan fingerprint density at radius 1 is 1.22 bits per heavy atom. The van der Waals surface area contributed by atoms with E-state index in [1.165, 1.54) is 24.3 Å².